The highest BCUT2D eigenvalue weighted by atomic mass is 35.5. The smallest absolute Gasteiger partial charge is 0.406 e. The SMILES string of the molecule is Cn1c(-c2ccc(OC(F)(F)F)cc2)nc2cc(Cl)c(Cl)cc21.Fc1cc2c(cc1Cl)CC(c1ccc(OC(F)(F)F)cc1)=N2. The first kappa shape index (κ1) is 32.4. The van der Waals surface area contributed by atoms with Crippen LogP contribution in [0.3, 0.4) is 0 Å². The Morgan fingerprint density at radius 2 is 1.24 bits per heavy atom. The minimum absolute atomic E-state index is 0.0177. The number of aliphatic imine (C=N–C) groups is 1. The van der Waals surface area contributed by atoms with Crippen molar-refractivity contribution in [2.45, 2.75) is 19.1 Å². The van der Waals surface area contributed by atoms with Gasteiger partial charge in [-0.15, -0.1) is 26.3 Å². The summed E-state index contributed by atoms with van der Waals surface area (Å²) in [7, 11) is 1.79. The second kappa shape index (κ2) is 12.4. The minimum atomic E-state index is -4.73. The summed E-state index contributed by atoms with van der Waals surface area (Å²) in [6, 6.07) is 16.9. The molecule has 0 unspecified atom stereocenters. The highest BCUT2D eigenvalue weighted by Gasteiger charge is 2.32. The Bertz CT molecular complexity index is 1900. The molecule has 234 valence electrons. The van der Waals surface area contributed by atoms with E-state index in [2.05, 4.69) is 19.5 Å². The van der Waals surface area contributed by atoms with Gasteiger partial charge in [-0.3, -0.25) is 4.99 Å². The lowest BCUT2D eigenvalue weighted by Crippen LogP contribution is -2.17. The van der Waals surface area contributed by atoms with Gasteiger partial charge in [0.1, 0.15) is 23.1 Å². The van der Waals surface area contributed by atoms with E-state index in [1.165, 1.54) is 60.7 Å². The quantitative estimate of drug-likeness (QED) is 0.176. The van der Waals surface area contributed by atoms with E-state index in [4.69, 9.17) is 34.8 Å². The summed E-state index contributed by atoms with van der Waals surface area (Å²) in [5.74, 6) is -0.566. The molecule has 0 aliphatic carbocycles. The summed E-state index contributed by atoms with van der Waals surface area (Å²) in [6.07, 6.45) is -9.00. The number of benzene rings is 4. The zero-order valence-corrected chi connectivity index (χ0v) is 24.8. The molecule has 2 heterocycles. The van der Waals surface area contributed by atoms with Gasteiger partial charge >= 0.3 is 12.7 Å². The minimum Gasteiger partial charge on any atom is -0.406 e. The van der Waals surface area contributed by atoms with Gasteiger partial charge in [-0.05, 0) is 77.9 Å². The average Bonchev–Trinajstić information content (AvgIpc) is 3.49. The van der Waals surface area contributed by atoms with E-state index in [1.807, 2.05) is 0 Å². The molecule has 0 amide bonds. The average molecular weight is 691 g/mol. The van der Waals surface area contributed by atoms with Crippen molar-refractivity contribution in [1.82, 2.24) is 9.55 Å². The highest BCUT2D eigenvalue weighted by Crippen LogP contribution is 2.34. The molecule has 0 atom stereocenters. The van der Waals surface area contributed by atoms with Crippen LogP contribution in [0, 0.1) is 5.82 Å². The van der Waals surface area contributed by atoms with E-state index in [0.29, 0.717) is 50.3 Å². The predicted octanol–water partition coefficient (Wildman–Crippen LogP) is 10.5. The third-order valence-corrected chi connectivity index (χ3v) is 7.44. The van der Waals surface area contributed by atoms with E-state index < -0.39 is 18.5 Å². The Morgan fingerprint density at radius 3 is 1.80 bits per heavy atom. The first-order valence-electron chi connectivity index (χ1n) is 12.7. The number of aromatic nitrogens is 2. The van der Waals surface area contributed by atoms with Gasteiger partial charge in [0.25, 0.3) is 0 Å². The number of halogens is 10. The molecule has 6 rings (SSSR count). The van der Waals surface area contributed by atoms with Gasteiger partial charge in [0.2, 0.25) is 0 Å². The Kier molecular flexibility index (Phi) is 8.94. The van der Waals surface area contributed by atoms with Gasteiger partial charge in [-0.2, -0.15) is 0 Å². The Morgan fingerprint density at radius 1 is 0.711 bits per heavy atom. The fourth-order valence-corrected chi connectivity index (χ4v) is 4.96. The maximum absolute atomic E-state index is 13.4. The van der Waals surface area contributed by atoms with Gasteiger partial charge in [0.05, 0.1) is 37.5 Å². The topological polar surface area (TPSA) is 48.6 Å². The molecule has 0 spiro atoms. The van der Waals surface area contributed by atoms with Crippen LogP contribution < -0.4 is 9.47 Å². The molecule has 15 heteroatoms. The van der Waals surface area contributed by atoms with Crippen LogP contribution in [0.25, 0.3) is 22.4 Å². The van der Waals surface area contributed by atoms with Crippen LogP contribution in [0.15, 0.2) is 77.8 Å². The Hall–Kier alpha value is -4.00. The lowest BCUT2D eigenvalue weighted by molar-refractivity contribution is -0.275. The van der Waals surface area contributed by atoms with Gasteiger partial charge in [-0.1, -0.05) is 34.8 Å². The highest BCUT2D eigenvalue weighted by molar-refractivity contribution is 6.42. The Balaban J connectivity index is 0.000000178. The summed E-state index contributed by atoms with van der Waals surface area (Å²) in [5, 5.41) is 0.810. The van der Waals surface area contributed by atoms with Crippen molar-refractivity contribution in [3.8, 4) is 22.9 Å². The monoisotopic (exact) mass is 689 g/mol. The molecule has 0 radical (unpaired) electrons. The van der Waals surface area contributed by atoms with Crippen LogP contribution in [-0.2, 0) is 13.5 Å². The maximum Gasteiger partial charge on any atom is 0.573 e. The van der Waals surface area contributed by atoms with Crippen molar-refractivity contribution >= 4 is 57.2 Å². The van der Waals surface area contributed by atoms with Gasteiger partial charge in [0.15, 0.2) is 0 Å². The number of hydrogen-bond acceptors (Lipinski definition) is 4. The van der Waals surface area contributed by atoms with Crippen LogP contribution in [0.1, 0.15) is 11.1 Å². The second-order valence-corrected chi connectivity index (χ2v) is 10.7. The molecular formula is C30H17Cl3F7N3O2. The van der Waals surface area contributed by atoms with Crippen molar-refractivity contribution in [3.05, 3.63) is 105 Å². The van der Waals surface area contributed by atoms with Crippen molar-refractivity contribution in [2.75, 3.05) is 0 Å². The van der Waals surface area contributed by atoms with E-state index in [1.54, 1.807) is 23.7 Å². The predicted molar refractivity (Wildman–Crippen MR) is 157 cm³/mol. The zero-order valence-electron chi connectivity index (χ0n) is 22.6. The fraction of sp³-hybridized carbons (Fsp3) is 0.133. The summed E-state index contributed by atoms with van der Waals surface area (Å²) < 4.78 is 95.7. The molecular weight excluding hydrogens is 674 g/mol. The largest absolute Gasteiger partial charge is 0.573 e. The molecule has 0 bridgehead atoms. The van der Waals surface area contributed by atoms with E-state index >= 15 is 0 Å². The van der Waals surface area contributed by atoms with Crippen molar-refractivity contribution in [3.63, 3.8) is 0 Å². The van der Waals surface area contributed by atoms with Crippen LogP contribution in [-0.4, -0.2) is 28.0 Å². The summed E-state index contributed by atoms with van der Waals surface area (Å²) in [6.45, 7) is 0. The number of fused-ring (bicyclic) bond motifs is 2. The van der Waals surface area contributed by atoms with Crippen LogP contribution in [0.2, 0.25) is 15.1 Å². The number of ether oxygens (including phenoxy) is 2. The van der Waals surface area contributed by atoms with Crippen LogP contribution in [0.4, 0.5) is 36.4 Å². The lowest BCUT2D eigenvalue weighted by atomic mass is 10.0. The molecule has 1 aliphatic heterocycles. The van der Waals surface area contributed by atoms with Crippen molar-refractivity contribution < 1.29 is 40.2 Å². The van der Waals surface area contributed by atoms with Crippen molar-refractivity contribution in [2.24, 2.45) is 12.0 Å². The van der Waals surface area contributed by atoms with E-state index in [-0.39, 0.29) is 16.5 Å². The van der Waals surface area contributed by atoms with Gasteiger partial charge < -0.3 is 14.0 Å². The summed E-state index contributed by atoms with van der Waals surface area (Å²) in [4.78, 5) is 8.73. The normalized spacial score (nSPS) is 12.8. The standard InChI is InChI=1S/C15H9Cl2F3N2O.C15H8ClF4NO/c1-22-13-7-11(17)10(16)6-12(13)21-14(22)8-2-4-9(5-3-8)23-15(18,19)20;16-11-5-9-6-13(21-14(9)7-12(11)17)8-1-3-10(4-2-8)22-15(18,19)20/h2-7H,1H3;1-5,7H,6H2. The third-order valence-electron chi connectivity index (χ3n) is 6.42. The first-order valence-corrected chi connectivity index (χ1v) is 13.8. The number of aryl methyl sites for hydroxylation is 1. The van der Waals surface area contributed by atoms with E-state index in [0.717, 1.165) is 11.1 Å². The fourth-order valence-electron chi connectivity index (χ4n) is 4.46. The number of imidazole rings is 1. The summed E-state index contributed by atoms with van der Waals surface area (Å²) >= 11 is 17.7. The number of alkyl halides is 6. The molecule has 0 fully saturated rings. The Labute approximate surface area is 265 Å². The number of hydrogen-bond donors (Lipinski definition) is 0. The van der Waals surface area contributed by atoms with Gasteiger partial charge in [-0.25, -0.2) is 9.37 Å². The van der Waals surface area contributed by atoms with E-state index in [9.17, 15) is 30.7 Å². The number of nitrogens with zero attached hydrogens (tertiary/aromatic N) is 3. The third kappa shape index (κ3) is 7.81. The van der Waals surface area contributed by atoms with Crippen LogP contribution >= 0.6 is 34.8 Å². The number of rotatable bonds is 4. The van der Waals surface area contributed by atoms with Crippen LogP contribution in [0.5, 0.6) is 11.5 Å². The molecule has 4 aromatic carbocycles. The van der Waals surface area contributed by atoms with Gasteiger partial charge in [0, 0.05) is 25.1 Å². The maximum atomic E-state index is 13.4. The zero-order chi connectivity index (χ0) is 32.7. The second-order valence-electron chi connectivity index (χ2n) is 9.52. The first-order chi connectivity index (χ1) is 21.1. The molecule has 5 nitrogen and oxygen atoms in total. The summed E-state index contributed by atoms with van der Waals surface area (Å²) in [5.41, 5.74) is 4.59. The molecule has 1 aromatic heterocycles. The molecule has 1 aliphatic rings. The molecule has 0 saturated heterocycles. The lowest BCUT2D eigenvalue weighted by Gasteiger charge is -2.09. The molecule has 0 saturated carbocycles. The molecule has 0 N–H and O–H groups in total. The molecule has 5 aromatic rings. The van der Waals surface area contributed by atoms with Crippen molar-refractivity contribution in [1.29, 1.82) is 0 Å². The molecule has 45 heavy (non-hydrogen) atoms.